The van der Waals surface area contributed by atoms with Gasteiger partial charge in [0.25, 0.3) is 5.91 Å². The predicted molar refractivity (Wildman–Crippen MR) is 101 cm³/mol. The largest absolute Gasteiger partial charge is 0.342 e. The summed E-state index contributed by atoms with van der Waals surface area (Å²) >= 11 is 0. The van der Waals surface area contributed by atoms with E-state index in [0.29, 0.717) is 24.7 Å². The van der Waals surface area contributed by atoms with E-state index in [1.165, 1.54) is 12.8 Å². The van der Waals surface area contributed by atoms with Gasteiger partial charge in [-0.05, 0) is 31.2 Å². The third kappa shape index (κ3) is 2.73. The van der Waals surface area contributed by atoms with Crippen LogP contribution in [0.15, 0.2) is 24.8 Å². The van der Waals surface area contributed by atoms with Crippen LogP contribution >= 0.6 is 0 Å². The molecule has 4 heterocycles. The standard InChI is InChI=1S/C20H26N6O2/c1-23-11-17(21-13-23)15-10-26(18(27)16-5-7-24(2)22-16)12-20(15)6-8-25(19(20)28)9-14-3-4-14/h5,7,11,13-15H,3-4,6,8-10,12H2,1-2H3/t15-,20+/m0/s1. The minimum Gasteiger partial charge on any atom is -0.342 e. The van der Waals surface area contributed by atoms with Gasteiger partial charge >= 0.3 is 0 Å². The number of hydrogen-bond donors (Lipinski definition) is 0. The molecule has 2 aliphatic heterocycles. The molecule has 0 bridgehead atoms. The Morgan fingerprint density at radius 1 is 1.32 bits per heavy atom. The number of rotatable bonds is 4. The summed E-state index contributed by atoms with van der Waals surface area (Å²) < 4.78 is 3.54. The molecular weight excluding hydrogens is 356 g/mol. The summed E-state index contributed by atoms with van der Waals surface area (Å²) in [7, 11) is 3.74. The van der Waals surface area contributed by atoms with Crippen molar-refractivity contribution in [1.29, 1.82) is 0 Å². The average molecular weight is 382 g/mol. The van der Waals surface area contributed by atoms with Crippen molar-refractivity contribution in [2.75, 3.05) is 26.2 Å². The van der Waals surface area contributed by atoms with Crippen LogP contribution in [0.25, 0.3) is 0 Å². The van der Waals surface area contributed by atoms with Crippen molar-refractivity contribution in [3.8, 4) is 0 Å². The Kier molecular flexibility index (Phi) is 3.86. The fraction of sp³-hybridized carbons (Fsp3) is 0.600. The molecule has 0 radical (unpaired) electrons. The maximum Gasteiger partial charge on any atom is 0.274 e. The number of nitrogens with zero attached hydrogens (tertiary/aromatic N) is 6. The molecule has 148 valence electrons. The normalized spacial score (nSPS) is 27.4. The number of carbonyl (C=O) groups is 2. The second-order valence-electron chi connectivity index (χ2n) is 8.68. The van der Waals surface area contributed by atoms with Crippen molar-refractivity contribution in [3.63, 3.8) is 0 Å². The van der Waals surface area contributed by atoms with Crippen LogP contribution in [0.1, 0.15) is 41.4 Å². The first-order chi connectivity index (χ1) is 13.5. The summed E-state index contributed by atoms with van der Waals surface area (Å²) in [4.78, 5) is 35.0. The number of likely N-dealkylation sites (tertiary alicyclic amines) is 2. The number of aryl methyl sites for hydroxylation is 2. The molecule has 28 heavy (non-hydrogen) atoms. The van der Waals surface area contributed by atoms with E-state index in [2.05, 4.69) is 10.1 Å². The minimum absolute atomic E-state index is 0.0712. The van der Waals surface area contributed by atoms with Crippen LogP contribution in [0, 0.1) is 11.3 Å². The van der Waals surface area contributed by atoms with E-state index in [0.717, 1.165) is 25.2 Å². The summed E-state index contributed by atoms with van der Waals surface area (Å²) in [6.45, 7) is 2.60. The number of hydrogen-bond acceptors (Lipinski definition) is 4. The second kappa shape index (κ2) is 6.18. The van der Waals surface area contributed by atoms with Gasteiger partial charge in [-0.25, -0.2) is 4.98 Å². The third-order valence-corrected chi connectivity index (χ3v) is 6.56. The van der Waals surface area contributed by atoms with Gasteiger partial charge in [-0.1, -0.05) is 0 Å². The van der Waals surface area contributed by atoms with Crippen molar-refractivity contribution in [1.82, 2.24) is 29.1 Å². The van der Waals surface area contributed by atoms with Crippen molar-refractivity contribution in [2.24, 2.45) is 25.4 Å². The Bertz CT molecular complexity index is 929. The summed E-state index contributed by atoms with van der Waals surface area (Å²) in [5.74, 6) is 0.691. The van der Waals surface area contributed by atoms with E-state index in [-0.39, 0.29) is 17.7 Å². The fourth-order valence-electron chi connectivity index (χ4n) is 4.86. The smallest absolute Gasteiger partial charge is 0.274 e. The molecule has 2 amide bonds. The van der Waals surface area contributed by atoms with Crippen molar-refractivity contribution in [2.45, 2.75) is 25.2 Å². The molecule has 1 saturated carbocycles. The van der Waals surface area contributed by atoms with E-state index in [9.17, 15) is 9.59 Å². The van der Waals surface area contributed by atoms with Gasteiger partial charge in [0, 0.05) is 58.6 Å². The summed E-state index contributed by atoms with van der Waals surface area (Å²) in [5, 5.41) is 4.26. The van der Waals surface area contributed by atoms with Crippen LogP contribution in [0.2, 0.25) is 0 Å². The van der Waals surface area contributed by atoms with E-state index < -0.39 is 5.41 Å². The van der Waals surface area contributed by atoms with Gasteiger partial charge in [0.15, 0.2) is 0 Å². The summed E-state index contributed by atoms with van der Waals surface area (Å²) in [5.41, 5.74) is 0.772. The van der Waals surface area contributed by atoms with E-state index in [1.54, 1.807) is 35.2 Å². The molecule has 0 N–H and O–H groups in total. The van der Waals surface area contributed by atoms with E-state index >= 15 is 0 Å². The van der Waals surface area contributed by atoms with Crippen LogP contribution in [0.4, 0.5) is 0 Å². The fourth-order valence-corrected chi connectivity index (χ4v) is 4.86. The zero-order chi connectivity index (χ0) is 19.5. The molecule has 8 nitrogen and oxygen atoms in total. The molecule has 8 heteroatoms. The zero-order valence-electron chi connectivity index (χ0n) is 16.4. The van der Waals surface area contributed by atoms with Gasteiger partial charge in [-0.2, -0.15) is 5.10 Å². The first-order valence-corrected chi connectivity index (χ1v) is 10.0. The van der Waals surface area contributed by atoms with Crippen LogP contribution in [0.3, 0.4) is 0 Å². The Balaban J connectivity index is 1.46. The highest BCUT2D eigenvalue weighted by molar-refractivity contribution is 5.94. The first-order valence-electron chi connectivity index (χ1n) is 10.0. The van der Waals surface area contributed by atoms with Gasteiger partial charge in [0.2, 0.25) is 5.91 Å². The molecule has 0 unspecified atom stereocenters. The lowest BCUT2D eigenvalue weighted by molar-refractivity contribution is -0.136. The van der Waals surface area contributed by atoms with Crippen molar-refractivity contribution in [3.05, 3.63) is 36.2 Å². The van der Waals surface area contributed by atoms with Gasteiger partial charge in [-0.15, -0.1) is 0 Å². The predicted octanol–water partition coefficient (Wildman–Crippen LogP) is 1.02. The highest BCUT2D eigenvalue weighted by atomic mass is 16.2. The number of aromatic nitrogens is 4. The summed E-state index contributed by atoms with van der Waals surface area (Å²) in [6.07, 6.45) is 8.76. The van der Waals surface area contributed by atoms with Crippen LogP contribution in [0.5, 0.6) is 0 Å². The lowest BCUT2D eigenvalue weighted by atomic mass is 9.75. The van der Waals surface area contributed by atoms with Gasteiger partial charge < -0.3 is 14.4 Å². The quantitative estimate of drug-likeness (QED) is 0.791. The number of amides is 2. The van der Waals surface area contributed by atoms with Gasteiger partial charge in [-0.3, -0.25) is 14.3 Å². The maximum atomic E-state index is 13.5. The Morgan fingerprint density at radius 2 is 2.14 bits per heavy atom. The highest BCUT2D eigenvalue weighted by Gasteiger charge is 2.59. The van der Waals surface area contributed by atoms with Crippen LogP contribution in [-0.2, 0) is 18.9 Å². The average Bonchev–Trinajstić information content (AvgIpc) is 3.01. The number of carbonyl (C=O) groups excluding carboxylic acids is 2. The minimum atomic E-state index is -0.562. The van der Waals surface area contributed by atoms with Crippen LogP contribution in [-0.4, -0.2) is 67.1 Å². The molecule has 1 spiro atoms. The lowest BCUT2D eigenvalue weighted by Crippen LogP contribution is -2.41. The second-order valence-corrected chi connectivity index (χ2v) is 8.68. The molecule has 3 fully saturated rings. The SMILES string of the molecule is Cn1cnc([C@@H]2CN(C(=O)c3ccn(C)n3)C[C@]23CCN(CC2CC2)C3=O)c1. The van der Waals surface area contributed by atoms with Crippen molar-refractivity contribution < 1.29 is 9.59 Å². The van der Waals surface area contributed by atoms with Crippen LogP contribution < -0.4 is 0 Å². The topological polar surface area (TPSA) is 76.3 Å². The number of imidazole rings is 1. The van der Waals surface area contributed by atoms with E-state index in [1.807, 2.05) is 22.7 Å². The molecule has 2 aromatic rings. The molecule has 5 rings (SSSR count). The molecule has 3 aliphatic rings. The molecular formula is C20H26N6O2. The highest BCUT2D eigenvalue weighted by Crippen LogP contribution is 2.50. The van der Waals surface area contributed by atoms with E-state index in [4.69, 9.17) is 0 Å². The molecule has 1 aliphatic carbocycles. The zero-order valence-corrected chi connectivity index (χ0v) is 16.4. The monoisotopic (exact) mass is 382 g/mol. The lowest BCUT2D eigenvalue weighted by Gasteiger charge is -2.27. The first kappa shape index (κ1) is 17.5. The molecule has 2 aromatic heterocycles. The molecule has 2 atom stereocenters. The maximum absolute atomic E-state index is 13.5. The molecule has 0 aromatic carbocycles. The third-order valence-electron chi connectivity index (χ3n) is 6.56. The Hall–Kier alpha value is -2.64. The Morgan fingerprint density at radius 3 is 2.79 bits per heavy atom. The van der Waals surface area contributed by atoms with Gasteiger partial charge in [0.05, 0.1) is 17.4 Å². The molecule has 2 saturated heterocycles. The van der Waals surface area contributed by atoms with Gasteiger partial charge in [0.1, 0.15) is 5.69 Å². The summed E-state index contributed by atoms with van der Waals surface area (Å²) in [6, 6.07) is 1.74. The van der Waals surface area contributed by atoms with Crippen molar-refractivity contribution >= 4 is 11.8 Å². The Labute approximate surface area is 164 Å².